The second-order valence-corrected chi connectivity index (χ2v) is 9.39. The predicted molar refractivity (Wildman–Crippen MR) is 112 cm³/mol. The number of esters is 1. The molecular formula is C22H27NO4S. The van der Waals surface area contributed by atoms with Gasteiger partial charge in [0.2, 0.25) is 9.84 Å². The summed E-state index contributed by atoms with van der Waals surface area (Å²) < 4.78 is 30.7. The number of rotatable bonds is 6. The van der Waals surface area contributed by atoms with Crippen molar-refractivity contribution in [1.29, 1.82) is 0 Å². The molecule has 28 heavy (non-hydrogen) atoms. The highest BCUT2D eigenvalue weighted by Crippen LogP contribution is 2.26. The number of methoxy groups -OCH3 is 1. The highest BCUT2D eigenvalue weighted by molar-refractivity contribution is 7.96. The number of carbonyl (C=O) groups excluding carboxylic acids is 1. The van der Waals surface area contributed by atoms with E-state index in [1.54, 1.807) is 12.1 Å². The van der Waals surface area contributed by atoms with Gasteiger partial charge in [-0.25, -0.2) is 13.2 Å². The standard InChI is InChI=1S/C22H27NO4S/c1-6-16-7-11-18(12-8-16)23-15-20(21(24)27-5)28(25,26)19-13-9-17(10-14-19)22(2,3)4/h7-15,23H,6H2,1-5H3/b20-15-. The number of ether oxygens (including phenoxy) is 1. The van der Waals surface area contributed by atoms with Crippen molar-refractivity contribution in [2.75, 3.05) is 12.4 Å². The zero-order chi connectivity index (χ0) is 20.9. The average molecular weight is 402 g/mol. The van der Waals surface area contributed by atoms with Crippen molar-refractivity contribution >= 4 is 21.5 Å². The summed E-state index contributed by atoms with van der Waals surface area (Å²) in [6, 6.07) is 14.1. The van der Waals surface area contributed by atoms with E-state index in [2.05, 4.69) is 12.2 Å². The van der Waals surface area contributed by atoms with Crippen LogP contribution in [0.1, 0.15) is 38.8 Å². The molecule has 5 nitrogen and oxygen atoms in total. The van der Waals surface area contributed by atoms with Crippen molar-refractivity contribution in [3.8, 4) is 0 Å². The van der Waals surface area contributed by atoms with Gasteiger partial charge in [0.15, 0.2) is 4.91 Å². The van der Waals surface area contributed by atoms with Gasteiger partial charge < -0.3 is 10.1 Å². The zero-order valence-electron chi connectivity index (χ0n) is 16.9. The number of anilines is 1. The lowest BCUT2D eigenvalue weighted by atomic mass is 9.87. The summed E-state index contributed by atoms with van der Waals surface area (Å²) in [5, 5.41) is 2.88. The third-order valence-corrected chi connectivity index (χ3v) is 6.20. The monoisotopic (exact) mass is 401 g/mol. The topological polar surface area (TPSA) is 72.5 Å². The lowest BCUT2D eigenvalue weighted by molar-refractivity contribution is -0.135. The second-order valence-electron chi connectivity index (χ2n) is 7.47. The molecule has 0 fully saturated rings. The molecule has 6 heteroatoms. The van der Waals surface area contributed by atoms with Crippen molar-refractivity contribution in [2.24, 2.45) is 0 Å². The molecule has 2 aromatic carbocycles. The van der Waals surface area contributed by atoms with Gasteiger partial charge in [-0.15, -0.1) is 0 Å². The summed E-state index contributed by atoms with van der Waals surface area (Å²) in [5.74, 6) is -0.919. The van der Waals surface area contributed by atoms with Crippen LogP contribution in [0.25, 0.3) is 0 Å². The number of hydrogen-bond donors (Lipinski definition) is 1. The maximum absolute atomic E-state index is 13.0. The maximum atomic E-state index is 13.0. The minimum Gasteiger partial charge on any atom is -0.465 e. The highest BCUT2D eigenvalue weighted by atomic mass is 32.2. The van der Waals surface area contributed by atoms with Crippen molar-refractivity contribution < 1.29 is 17.9 Å². The predicted octanol–water partition coefficient (Wildman–Crippen LogP) is 4.45. The third-order valence-electron chi connectivity index (χ3n) is 4.44. The Hall–Kier alpha value is -2.60. The minimum absolute atomic E-state index is 0.0419. The first-order valence-electron chi connectivity index (χ1n) is 9.09. The van der Waals surface area contributed by atoms with E-state index in [4.69, 9.17) is 4.74 Å². The molecule has 0 aromatic heterocycles. The molecule has 0 heterocycles. The fourth-order valence-electron chi connectivity index (χ4n) is 2.59. The van der Waals surface area contributed by atoms with Crippen LogP contribution in [0.2, 0.25) is 0 Å². The Morgan fingerprint density at radius 3 is 2.07 bits per heavy atom. The molecule has 0 saturated heterocycles. The Bertz CT molecular complexity index is 951. The third kappa shape index (κ3) is 5.01. The van der Waals surface area contributed by atoms with Gasteiger partial charge in [0.1, 0.15) is 0 Å². The molecule has 0 unspecified atom stereocenters. The normalized spacial score (nSPS) is 12.5. The molecule has 0 spiro atoms. The molecule has 2 aromatic rings. The van der Waals surface area contributed by atoms with E-state index in [-0.39, 0.29) is 10.3 Å². The smallest absolute Gasteiger partial charge is 0.351 e. The molecule has 150 valence electrons. The van der Waals surface area contributed by atoms with E-state index < -0.39 is 20.7 Å². The summed E-state index contributed by atoms with van der Waals surface area (Å²) >= 11 is 0. The van der Waals surface area contributed by atoms with Gasteiger partial charge in [0.05, 0.1) is 12.0 Å². The SMILES string of the molecule is CCc1ccc(N/C=C(/C(=O)OC)S(=O)(=O)c2ccc(C(C)(C)C)cc2)cc1. The lowest BCUT2D eigenvalue weighted by Gasteiger charge is -2.19. The Morgan fingerprint density at radius 1 is 1.04 bits per heavy atom. The van der Waals surface area contributed by atoms with Gasteiger partial charge in [-0.1, -0.05) is 52.0 Å². The fourth-order valence-corrected chi connectivity index (χ4v) is 3.86. The van der Waals surface area contributed by atoms with Crippen molar-refractivity contribution in [3.63, 3.8) is 0 Å². The number of carbonyl (C=O) groups is 1. The summed E-state index contributed by atoms with van der Waals surface area (Å²) in [6.07, 6.45) is 2.09. The van der Waals surface area contributed by atoms with Crippen LogP contribution < -0.4 is 5.32 Å². The molecule has 0 amide bonds. The van der Waals surface area contributed by atoms with Crippen LogP contribution in [0.3, 0.4) is 0 Å². The number of aryl methyl sites for hydroxylation is 1. The number of sulfone groups is 1. The van der Waals surface area contributed by atoms with Crippen LogP contribution in [0, 0.1) is 0 Å². The first-order chi connectivity index (χ1) is 13.1. The van der Waals surface area contributed by atoms with Gasteiger partial charge in [-0.2, -0.15) is 0 Å². The first-order valence-corrected chi connectivity index (χ1v) is 10.6. The summed E-state index contributed by atoms with van der Waals surface area (Å²) in [6.45, 7) is 8.19. The molecule has 0 saturated carbocycles. The van der Waals surface area contributed by atoms with Crippen molar-refractivity contribution in [3.05, 3.63) is 70.8 Å². The lowest BCUT2D eigenvalue weighted by Crippen LogP contribution is -2.17. The highest BCUT2D eigenvalue weighted by Gasteiger charge is 2.28. The van der Waals surface area contributed by atoms with E-state index in [0.717, 1.165) is 24.7 Å². The molecule has 0 aliphatic rings. The fraction of sp³-hybridized carbons (Fsp3) is 0.318. The van der Waals surface area contributed by atoms with E-state index in [0.29, 0.717) is 5.69 Å². The van der Waals surface area contributed by atoms with Crippen LogP contribution in [-0.2, 0) is 31.2 Å². The van der Waals surface area contributed by atoms with Crippen LogP contribution in [-0.4, -0.2) is 21.5 Å². The zero-order valence-corrected chi connectivity index (χ0v) is 17.8. The summed E-state index contributed by atoms with van der Waals surface area (Å²) in [7, 11) is -2.88. The Morgan fingerprint density at radius 2 is 1.61 bits per heavy atom. The van der Waals surface area contributed by atoms with Crippen LogP contribution in [0.5, 0.6) is 0 Å². The van der Waals surface area contributed by atoms with E-state index in [9.17, 15) is 13.2 Å². The van der Waals surface area contributed by atoms with E-state index >= 15 is 0 Å². The Labute approximate surface area is 167 Å². The van der Waals surface area contributed by atoms with Gasteiger partial charge in [-0.3, -0.25) is 0 Å². The van der Waals surface area contributed by atoms with Gasteiger partial charge in [0.25, 0.3) is 0 Å². The molecule has 0 bridgehead atoms. The molecule has 1 N–H and O–H groups in total. The number of hydrogen-bond acceptors (Lipinski definition) is 5. The number of nitrogens with one attached hydrogen (secondary N) is 1. The maximum Gasteiger partial charge on any atom is 0.351 e. The van der Waals surface area contributed by atoms with Gasteiger partial charge in [0, 0.05) is 11.9 Å². The molecule has 0 aliphatic heterocycles. The van der Waals surface area contributed by atoms with Crippen LogP contribution >= 0.6 is 0 Å². The first kappa shape index (κ1) is 21.7. The van der Waals surface area contributed by atoms with Crippen molar-refractivity contribution in [1.82, 2.24) is 0 Å². The van der Waals surface area contributed by atoms with Crippen molar-refractivity contribution in [2.45, 2.75) is 44.4 Å². The largest absolute Gasteiger partial charge is 0.465 e. The quantitative estimate of drug-likeness (QED) is 0.572. The van der Waals surface area contributed by atoms with E-state index in [1.165, 1.54) is 18.3 Å². The van der Waals surface area contributed by atoms with Crippen LogP contribution in [0.4, 0.5) is 5.69 Å². The van der Waals surface area contributed by atoms with Gasteiger partial charge >= 0.3 is 5.97 Å². The molecule has 2 rings (SSSR count). The average Bonchev–Trinajstić information content (AvgIpc) is 2.67. The molecule has 0 atom stereocenters. The summed E-state index contributed by atoms with van der Waals surface area (Å²) in [5.41, 5.74) is 2.74. The minimum atomic E-state index is -4.03. The molecule has 0 radical (unpaired) electrons. The molecule has 0 aliphatic carbocycles. The van der Waals surface area contributed by atoms with Crippen LogP contribution in [0.15, 0.2) is 64.5 Å². The van der Waals surface area contributed by atoms with Gasteiger partial charge in [-0.05, 0) is 47.2 Å². The Kier molecular flexibility index (Phi) is 6.67. The summed E-state index contributed by atoms with van der Waals surface area (Å²) in [4.78, 5) is 11.8. The second kappa shape index (κ2) is 8.61. The number of benzene rings is 2. The molecular weight excluding hydrogens is 374 g/mol. The van der Waals surface area contributed by atoms with E-state index in [1.807, 2.05) is 45.0 Å². The Balaban J connectivity index is 2.38.